The zero-order chi connectivity index (χ0) is 19.3. The first kappa shape index (κ1) is 17.6. The summed E-state index contributed by atoms with van der Waals surface area (Å²) < 4.78 is 9.63. The molecule has 1 fully saturated rings. The van der Waals surface area contributed by atoms with Crippen LogP contribution in [0.2, 0.25) is 0 Å². The lowest BCUT2D eigenvalue weighted by Gasteiger charge is -2.16. The van der Waals surface area contributed by atoms with Crippen LogP contribution in [-0.4, -0.2) is 58.2 Å². The lowest BCUT2D eigenvalue weighted by atomic mass is 10.1. The third-order valence-electron chi connectivity index (χ3n) is 5.62. The third kappa shape index (κ3) is 2.68. The number of aliphatic hydroxyl groups is 3. The van der Waals surface area contributed by atoms with Gasteiger partial charge in [0.2, 0.25) is 0 Å². The van der Waals surface area contributed by atoms with E-state index in [-0.39, 0.29) is 19.3 Å². The molecule has 0 saturated carbocycles. The van der Waals surface area contributed by atoms with E-state index in [1.807, 2.05) is 12.3 Å². The van der Waals surface area contributed by atoms with E-state index < -0.39 is 18.4 Å². The number of aryl methyl sites for hydroxylation is 1. The average Bonchev–Trinajstić information content (AvgIpc) is 3.45. The van der Waals surface area contributed by atoms with Crippen LogP contribution in [0.5, 0.6) is 0 Å². The molecular formula is C18H22N6O4. The van der Waals surface area contributed by atoms with Crippen molar-refractivity contribution in [1.82, 2.24) is 24.1 Å². The van der Waals surface area contributed by atoms with Crippen molar-refractivity contribution in [2.75, 3.05) is 11.9 Å². The second-order valence-electron chi connectivity index (χ2n) is 7.22. The van der Waals surface area contributed by atoms with Gasteiger partial charge in [0, 0.05) is 30.4 Å². The van der Waals surface area contributed by atoms with Gasteiger partial charge in [-0.2, -0.15) is 0 Å². The van der Waals surface area contributed by atoms with Gasteiger partial charge in [-0.1, -0.05) is 0 Å². The number of hydrogen-bond acceptors (Lipinski definition) is 8. The van der Waals surface area contributed by atoms with Crippen molar-refractivity contribution < 1.29 is 20.1 Å². The van der Waals surface area contributed by atoms with Crippen molar-refractivity contribution in [1.29, 1.82) is 0 Å². The Morgan fingerprint density at radius 3 is 2.93 bits per heavy atom. The van der Waals surface area contributed by atoms with Gasteiger partial charge in [0.1, 0.15) is 18.7 Å². The van der Waals surface area contributed by atoms with Crippen LogP contribution in [0.1, 0.15) is 36.4 Å². The Morgan fingerprint density at radius 2 is 2.14 bits per heavy atom. The number of hydrogen-bond donors (Lipinski definition) is 4. The smallest absolute Gasteiger partial charge is 0.167 e. The molecule has 0 bridgehead atoms. The van der Waals surface area contributed by atoms with Crippen molar-refractivity contribution in [2.45, 2.75) is 50.5 Å². The van der Waals surface area contributed by atoms with Gasteiger partial charge in [-0.15, -0.1) is 0 Å². The molecule has 0 amide bonds. The van der Waals surface area contributed by atoms with E-state index in [0.717, 1.165) is 24.2 Å². The predicted octanol–water partition coefficient (Wildman–Crippen LogP) is 0.318. The SMILES string of the molecule is OCc1ccn2c1[C@@H](Nc1ncnc3c1ncn3[C@H]1C[C@H](O)[C@@H](CO)O1)CC2. The summed E-state index contributed by atoms with van der Waals surface area (Å²) in [7, 11) is 0. The molecular weight excluding hydrogens is 364 g/mol. The summed E-state index contributed by atoms with van der Waals surface area (Å²) in [5, 5.41) is 32.4. The fourth-order valence-electron chi connectivity index (χ4n) is 4.21. The summed E-state index contributed by atoms with van der Waals surface area (Å²) in [4.78, 5) is 13.2. The molecule has 5 rings (SSSR count). The van der Waals surface area contributed by atoms with Gasteiger partial charge in [-0.25, -0.2) is 15.0 Å². The first-order valence-corrected chi connectivity index (χ1v) is 9.36. The molecule has 148 valence electrons. The number of nitrogens with zero attached hydrogens (tertiary/aromatic N) is 5. The Balaban J connectivity index is 1.45. The number of ether oxygens (including phenoxy) is 1. The minimum atomic E-state index is -0.727. The Morgan fingerprint density at radius 1 is 1.25 bits per heavy atom. The molecule has 2 aliphatic heterocycles. The van der Waals surface area contributed by atoms with Gasteiger partial charge in [0.05, 0.1) is 31.7 Å². The Kier molecular flexibility index (Phi) is 4.27. The van der Waals surface area contributed by atoms with Crippen molar-refractivity contribution in [3.63, 3.8) is 0 Å². The molecule has 1 saturated heterocycles. The average molecular weight is 386 g/mol. The van der Waals surface area contributed by atoms with Crippen LogP contribution in [0, 0.1) is 0 Å². The summed E-state index contributed by atoms with van der Waals surface area (Å²) in [6, 6.07) is 1.97. The highest BCUT2D eigenvalue weighted by Crippen LogP contribution is 2.35. The van der Waals surface area contributed by atoms with Crippen LogP contribution >= 0.6 is 0 Å². The highest BCUT2D eigenvalue weighted by atomic mass is 16.5. The van der Waals surface area contributed by atoms with Crippen molar-refractivity contribution in [3.05, 3.63) is 36.2 Å². The second kappa shape index (κ2) is 6.82. The first-order valence-electron chi connectivity index (χ1n) is 9.36. The van der Waals surface area contributed by atoms with Crippen LogP contribution in [0.3, 0.4) is 0 Å². The lowest BCUT2D eigenvalue weighted by Crippen LogP contribution is -2.24. The van der Waals surface area contributed by atoms with Gasteiger partial charge in [-0.05, 0) is 12.5 Å². The van der Waals surface area contributed by atoms with Crippen molar-refractivity contribution in [2.24, 2.45) is 0 Å². The van der Waals surface area contributed by atoms with Gasteiger partial charge in [-0.3, -0.25) is 4.57 Å². The van der Waals surface area contributed by atoms with Gasteiger partial charge < -0.3 is 29.9 Å². The van der Waals surface area contributed by atoms with Crippen LogP contribution in [0.25, 0.3) is 11.2 Å². The van der Waals surface area contributed by atoms with Crippen LogP contribution in [-0.2, 0) is 17.9 Å². The molecule has 3 aromatic heterocycles. The minimum Gasteiger partial charge on any atom is -0.394 e. The maximum atomic E-state index is 10.0. The predicted molar refractivity (Wildman–Crippen MR) is 98.3 cm³/mol. The summed E-state index contributed by atoms with van der Waals surface area (Å²) in [6.07, 6.45) is 4.57. The van der Waals surface area contributed by atoms with Gasteiger partial charge in [0.25, 0.3) is 0 Å². The van der Waals surface area contributed by atoms with E-state index in [1.165, 1.54) is 6.33 Å². The number of rotatable bonds is 5. The molecule has 0 unspecified atom stereocenters. The van der Waals surface area contributed by atoms with E-state index in [1.54, 1.807) is 10.9 Å². The fourth-order valence-corrected chi connectivity index (χ4v) is 4.21. The normalized spacial score (nSPS) is 26.8. The Hall–Kier alpha value is -2.53. The Bertz CT molecular complexity index is 1000. The summed E-state index contributed by atoms with van der Waals surface area (Å²) >= 11 is 0. The van der Waals surface area contributed by atoms with Crippen LogP contribution in [0.15, 0.2) is 24.9 Å². The molecule has 4 atom stereocenters. The molecule has 10 heteroatoms. The van der Waals surface area contributed by atoms with E-state index in [2.05, 4.69) is 24.8 Å². The number of imidazole rings is 1. The molecule has 4 N–H and O–H groups in total. The minimum absolute atomic E-state index is 0.00168. The van der Waals surface area contributed by atoms with Crippen molar-refractivity contribution >= 4 is 17.0 Å². The quantitative estimate of drug-likeness (QED) is 0.493. The lowest BCUT2D eigenvalue weighted by molar-refractivity contribution is -0.0432. The third-order valence-corrected chi connectivity index (χ3v) is 5.62. The molecule has 2 aliphatic rings. The number of aromatic nitrogens is 5. The molecule has 5 heterocycles. The maximum Gasteiger partial charge on any atom is 0.167 e. The monoisotopic (exact) mass is 386 g/mol. The largest absolute Gasteiger partial charge is 0.394 e. The van der Waals surface area contributed by atoms with Crippen molar-refractivity contribution in [3.8, 4) is 0 Å². The topological polar surface area (TPSA) is 130 Å². The molecule has 10 nitrogen and oxygen atoms in total. The summed E-state index contributed by atoms with van der Waals surface area (Å²) in [5.41, 5.74) is 3.20. The zero-order valence-corrected chi connectivity index (χ0v) is 15.1. The van der Waals surface area contributed by atoms with E-state index in [0.29, 0.717) is 23.4 Å². The molecule has 0 aliphatic carbocycles. The summed E-state index contributed by atoms with van der Waals surface area (Å²) in [5.74, 6) is 0.615. The maximum absolute atomic E-state index is 10.0. The highest BCUT2D eigenvalue weighted by Gasteiger charge is 2.35. The zero-order valence-electron chi connectivity index (χ0n) is 15.1. The van der Waals surface area contributed by atoms with E-state index in [4.69, 9.17) is 4.74 Å². The number of nitrogens with one attached hydrogen (secondary N) is 1. The number of aliphatic hydroxyl groups excluding tert-OH is 3. The summed E-state index contributed by atoms with van der Waals surface area (Å²) in [6.45, 7) is 0.647. The molecule has 0 aromatic carbocycles. The highest BCUT2D eigenvalue weighted by molar-refractivity contribution is 5.83. The molecule has 0 radical (unpaired) electrons. The first-order chi connectivity index (χ1) is 13.7. The van der Waals surface area contributed by atoms with Gasteiger partial charge >= 0.3 is 0 Å². The van der Waals surface area contributed by atoms with Crippen LogP contribution < -0.4 is 5.32 Å². The van der Waals surface area contributed by atoms with Crippen LogP contribution in [0.4, 0.5) is 5.82 Å². The standard InChI is InChI=1S/C18H22N6O4/c25-6-10-1-3-23-4-2-11(16(10)23)22-17-15-18(20-8-19-17)24(9-21-15)14-5-12(27)13(7-26)28-14/h1,3,8-9,11-14,25-27H,2,4-7H2,(H,19,20,22)/t11-,12-,13+,14+/m0/s1. The second-order valence-corrected chi connectivity index (χ2v) is 7.22. The van der Waals surface area contributed by atoms with Gasteiger partial charge in [0.15, 0.2) is 17.0 Å². The number of anilines is 1. The Labute approximate surface area is 160 Å². The van der Waals surface area contributed by atoms with E-state index in [9.17, 15) is 15.3 Å². The fraction of sp³-hybridized carbons (Fsp3) is 0.500. The molecule has 3 aromatic rings. The van der Waals surface area contributed by atoms with E-state index >= 15 is 0 Å². The number of fused-ring (bicyclic) bond motifs is 2. The molecule has 0 spiro atoms. The molecule has 28 heavy (non-hydrogen) atoms.